The average Bonchev–Trinajstić information content (AvgIpc) is 2.98. The van der Waals surface area contributed by atoms with Crippen molar-refractivity contribution < 1.29 is 19.2 Å². The normalized spacial score (nSPS) is 26.8. The Morgan fingerprint density at radius 3 is 2.44 bits per heavy atom. The van der Waals surface area contributed by atoms with Crippen LogP contribution in [0.4, 0.5) is 5.69 Å². The summed E-state index contributed by atoms with van der Waals surface area (Å²) in [6.07, 6.45) is 3.03. The summed E-state index contributed by atoms with van der Waals surface area (Å²) in [6, 6.07) is 3.46. The largest absolute Gasteiger partial charge is 0.465 e. The molecule has 2 fully saturated rings. The van der Waals surface area contributed by atoms with Gasteiger partial charge in [0.15, 0.2) is 0 Å². The predicted octanol–water partition coefficient (Wildman–Crippen LogP) is 3.31. The van der Waals surface area contributed by atoms with E-state index in [2.05, 4.69) is 36.0 Å². The lowest BCUT2D eigenvalue weighted by Gasteiger charge is -2.34. The number of hydrogen-bond donors (Lipinski definition) is 1. The minimum absolute atomic E-state index is 0.0125. The number of fused-ring (bicyclic) bond motifs is 2. The molecule has 2 saturated carbocycles. The lowest BCUT2D eigenvalue weighted by atomic mass is 9.70. The van der Waals surface area contributed by atoms with Crippen molar-refractivity contribution in [3.05, 3.63) is 39.4 Å². The van der Waals surface area contributed by atoms with E-state index in [1.807, 2.05) is 0 Å². The fraction of sp³-hybridized carbons (Fsp3) is 0.526. The summed E-state index contributed by atoms with van der Waals surface area (Å²) in [5.41, 5.74) is 3.10. The molecule has 0 radical (unpaired) electrons. The molecule has 1 aromatic carbocycles. The van der Waals surface area contributed by atoms with E-state index >= 15 is 0 Å². The van der Waals surface area contributed by atoms with Crippen LogP contribution >= 0.6 is 0 Å². The number of nitro groups is 1. The Labute approximate surface area is 157 Å². The van der Waals surface area contributed by atoms with E-state index < -0.39 is 16.8 Å². The molecule has 144 valence electrons. The Morgan fingerprint density at radius 2 is 1.93 bits per heavy atom. The zero-order chi connectivity index (χ0) is 20.0. The van der Waals surface area contributed by atoms with Crippen LogP contribution in [0.1, 0.15) is 60.7 Å². The number of nitrogens with one attached hydrogen (secondary N) is 1. The molecule has 1 amide bonds. The molecule has 2 atom stereocenters. The molecule has 8 nitrogen and oxygen atoms in total. The fourth-order valence-electron chi connectivity index (χ4n) is 4.36. The van der Waals surface area contributed by atoms with Gasteiger partial charge in [-0.05, 0) is 36.7 Å². The highest BCUT2D eigenvalue weighted by Gasteiger charge is 2.60. The van der Waals surface area contributed by atoms with Gasteiger partial charge in [0.1, 0.15) is 0 Å². The highest BCUT2D eigenvalue weighted by atomic mass is 16.6. The number of ether oxygens (including phenoxy) is 1. The van der Waals surface area contributed by atoms with Crippen molar-refractivity contribution in [2.24, 2.45) is 21.8 Å². The molecule has 0 heterocycles. The Hall–Kier alpha value is -2.77. The van der Waals surface area contributed by atoms with E-state index in [1.54, 1.807) is 0 Å². The molecule has 3 rings (SSSR count). The van der Waals surface area contributed by atoms with Crippen LogP contribution in [-0.2, 0) is 4.74 Å². The molecule has 0 saturated heterocycles. The van der Waals surface area contributed by atoms with Gasteiger partial charge < -0.3 is 4.74 Å². The van der Waals surface area contributed by atoms with Gasteiger partial charge in [-0.15, -0.1) is 0 Å². The van der Waals surface area contributed by atoms with Crippen LogP contribution in [0, 0.1) is 26.9 Å². The molecule has 2 aliphatic rings. The van der Waals surface area contributed by atoms with E-state index in [4.69, 9.17) is 0 Å². The minimum Gasteiger partial charge on any atom is -0.465 e. The van der Waals surface area contributed by atoms with Crippen LogP contribution in [0.5, 0.6) is 0 Å². The zero-order valence-corrected chi connectivity index (χ0v) is 15.9. The zero-order valence-electron chi connectivity index (χ0n) is 15.9. The van der Waals surface area contributed by atoms with Gasteiger partial charge in [0.05, 0.1) is 17.6 Å². The Bertz CT molecular complexity index is 861. The predicted molar refractivity (Wildman–Crippen MR) is 98.6 cm³/mol. The molecule has 0 spiro atoms. The van der Waals surface area contributed by atoms with E-state index in [-0.39, 0.29) is 27.6 Å². The van der Waals surface area contributed by atoms with Crippen molar-refractivity contribution >= 4 is 23.3 Å². The molecule has 1 N–H and O–H groups in total. The third kappa shape index (κ3) is 2.98. The fourth-order valence-corrected chi connectivity index (χ4v) is 4.36. The number of esters is 1. The van der Waals surface area contributed by atoms with E-state index in [0.717, 1.165) is 37.1 Å². The van der Waals surface area contributed by atoms with Crippen LogP contribution in [-0.4, -0.2) is 29.6 Å². The first-order valence-corrected chi connectivity index (χ1v) is 8.85. The number of hydrazone groups is 1. The van der Waals surface area contributed by atoms with Gasteiger partial charge in [-0.25, -0.2) is 10.2 Å². The number of carbonyl (C=O) groups is 2. The van der Waals surface area contributed by atoms with Crippen LogP contribution < -0.4 is 5.43 Å². The number of non-ortho nitro benzene ring substituents is 1. The number of nitro benzene ring substituents is 1. The number of hydrogen-bond acceptors (Lipinski definition) is 6. The van der Waals surface area contributed by atoms with Gasteiger partial charge in [-0.1, -0.05) is 20.8 Å². The number of methoxy groups -OCH3 is 1. The van der Waals surface area contributed by atoms with Crippen molar-refractivity contribution in [3.8, 4) is 0 Å². The second-order valence-corrected chi connectivity index (χ2v) is 8.01. The summed E-state index contributed by atoms with van der Waals surface area (Å²) in [5.74, 6) is -0.802. The summed E-state index contributed by atoms with van der Waals surface area (Å²) in [6.45, 7) is 6.64. The van der Waals surface area contributed by atoms with Gasteiger partial charge in [0, 0.05) is 28.8 Å². The summed E-state index contributed by atoms with van der Waals surface area (Å²) in [7, 11) is 1.17. The molecule has 2 bridgehead atoms. The molecule has 27 heavy (non-hydrogen) atoms. The monoisotopic (exact) mass is 373 g/mol. The summed E-state index contributed by atoms with van der Waals surface area (Å²) in [4.78, 5) is 34.7. The van der Waals surface area contributed by atoms with Crippen LogP contribution in [0.3, 0.4) is 0 Å². The summed E-state index contributed by atoms with van der Waals surface area (Å²) < 4.78 is 4.60. The number of carbonyl (C=O) groups excluding carboxylic acids is 2. The number of amides is 1. The third-order valence-corrected chi connectivity index (χ3v) is 6.62. The van der Waals surface area contributed by atoms with Crippen molar-refractivity contribution in [1.29, 1.82) is 0 Å². The van der Waals surface area contributed by atoms with Crippen molar-refractivity contribution in [1.82, 2.24) is 5.43 Å². The molecule has 0 unspecified atom stereocenters. The Balaban J connectivity index is 1.86. The first-order chi connectivity index (χ1) is 12.6. The Kier molecular flexibility index (Phi) is 4.53. The van der Waals surface area contributed by atoms with Gasteiger partial charge in [-0.2, -0.15) is 5.10 Å². The Morgan fingerprint density at radius 1 is 1.26 bits per heavy atom. The first-order valence-electron chi connectivity index (χ1n) is 8.85. The highest BCUT2D eigenvalue weighted by Crippen LogP contribution is 2.63. The average molecular weight is 373 g/mol. The number of benzene rings is 1. The molecular formula is C19H23N3O5. The molecule has 2 aliphatic carbocycles. The lowest BCUT2D eigenvalue weighted by molar-refractivity contribution is -0.384. The van der Waals surface area contributed by atoms with Crippen LogP contribution in [0.2, 0.25) is 0 Å². The summed E-state index contributed by atoms with van der Waals surface area (Å²) in [5, 5.41) is 15.5. The molecule has 0 aliphatic heterocycles. The van der Waals surface area contributed by atoms with E-state index in [0.29, 0.717) is 5.92 Å². The van der Waals surface area contributed by atoms with Crippen molar-refractivity contribution in [2.45, 2.75) is 40.0 Å². The van der Waals surface area contributed by atoms with Gasteiger partial charge in [0.25, 0.3) is 11.6 Å². The van der Waals surface area contributed by atoms with Crippen molar-refractivity contribution in [3.63, 3.8) is 0 Å². The lowest BCUT2D eigenvalue weighted by Crippen LogP contribution is -2.34. The smallest absolute Gasteiger partial charge is 0.338 e. The molecule has 8 heteroatoms. The van der Waals surface area contributed by atoms with E-state index in [9.17, 15) is 19.7 Å². The number of rotatable bonds is 4. The topological polar surface area (TPSA) is 111 Å². The molecule has 1 aromatic rings. The highest BCUT2D eigenvalue weighted by molar-refractivity contribution is 6.00. The van der Waals surface area contributed by atoms with Crippen LogP contribution in [0.25, 0.3) is 0 Å². The first kappa shape index (κ1) is 19.0. The second kappa shape index (κ2) is 6.44. The molecular weight excluding hydrogens is 350 g/mol. The molecule has 0 aromatic heterocycles. The number of nitrogens with zero attached hydrogens (tertiary/aromatic N) is 2. The third-order valence-electron chi connectivity index (χ3n) is 6.62. The van der Waals surface area contributed by atoms with Crippen molar-refractivity contribution in [2.75, 3.05) is 7.11 Å². The van der Waals surface area contributed by atoms with Gasteiger partial charge >= 0.3 is 5.97 Å². The van der Waals surface area contributed by atoms with E-state index in [1.165, 1.54) is 13.2 Å². The maximum absolute atomic E-state index is 12.5. The van der Waals surface area contributed by atoms with Gasteiger partial charge in [-0.3, -0.25) is 14.9 Å². The van der Waals surface area contributed by atoms with Gasteiger partial charge in [0.2, 0.25) is 0 Å². The standard InChI is InChI=1S/C19H23N3O5/c1-18(2)13-5-6-19(18,3)15(10-13)20-21-16(23)11-7-12(17(24)27-4)9-14(8-11)22(25)26/h7-9,13H,5-6,10H2,1-4H3,(H,21,23)/b20-15-/t13-,19-/m0/s1. The van der Waals surface area contributed by atoms with Crippen LogP contribution in [0.15, 0.2) is 23.3 Å². The quantitative estimate of drug-likeness (QED) is 0.494. The maximum atomic E-state index is 12.5. The minimum atomic E-state index is -0.749. The summed E-state index contributed by atoms with van der Waals surface area (Å²) >= 11 is 0. The second-order valence-electron chi connectivity index (χ2n) is 8.01. The maximum Gasteiger partial charge on any atom is 0.338 e. The SMILES string of the molecule is COC(=O)c1cc(C(=O)N/N=C2/C[C@@H]3CC[C@]2(C)C3(C)C)cc([N+](=O)[O-])c1.